The Bertz CT molecular complexity index is 1060. The minimum atomic E-state index is -0.0368. The van der Waals surface area contributed by atoms with Gasteiger partial charge in [-0.3, -0.25) is 0 Å². The van der Waals surface area contributed by atoms with Crippen LogP contribution < -0.4 is 19.5 Å². The monoisotopic (exact) mass is 554 g/mol. The number of nitrogens with zero attached hydrogens (tertiary/aromatic N) is 1. The van der Waals surface area contributed by atoms with Crippen molar-refractivity contribution in [3.05, 3.63) is 53.1 Å². The second kappa shape index (κ2) is 15.8. The molecule has 2 aromatic carbocycles. The van der Waals surface area contributed by atoms with Crippen molar-refractivity contribution in [2.75, 3.05) is 33.9 Å². The van der Waals surface area contributed by atoms with E-state index in [0.29, 0.717) is 37.7 Å². The number of unbranched alkanes of at least 4 members (excludes halogenated alkanes) is 2. The van der Waals surface area contributed by atoms with Crippen LogP contribution in [0.5, 0.6) is 17.2 Å². The standard InChI is InChI=1S/C34H54N2O4/c1-10-13-20-35-32(37)36(25-26-16-18-30(38-8)31(23-26)39-9)21-14-15-22-40-29-19-17-27(33(4,5)11-2)24-28(29)34(6,7)12-3/h16-19,23-24H,10-15,20-22,25H2,1-9H3,(H,35,37). The van der Waals surface area contributed by atoms with Gasteiger partial charge in [-0.2, -0.15) is 0 Å². The van der Waals surface area contributed by atoms with Crippen LogP contribution >= 0.6 is 0 Å². The highest BCUT2D eigenvalue weighted by Gasteiger charge is 2.26. The number of ether oxygens (including phenoxy) is 3. The van der Waals surface area contributed by atoms with Crippen LogP contribution in [0.2, 0.25) is 0 Å². The number of urea groups is 1. The lowest BCUT2D eigenvalue weighted by molar-refractivity contribution is 0.191. The van der Waals surface area contributed by atoms with Gasteiger partial charge in [0, 0.05) is 25.2 Å². The maximum absolute atomic E-state index is 13.0. The van der Waals surface area contributed by atoms with Crippen LogP contribution in [0, 0.1) is 0 Å². The number of carbonyl (C=O) groups is 1. The van der Waals surface area contributed by atoms with E-state index in [0.717, 1.165) is 49.8 Å². The Balaban J connectivity index is 2.08. The molecule has 6 heteroatoms. The van der Waals surface area contributed by atoms with Gasteiger partial charge in [-0.25, -0.2) is 4.79 Å². The fourth-order valence-electron chi connectivity index (χ4n) is 4.52. The highest BCUT2D eigenvalue weighted by atomic mass is 16.5. The molecule has 0 saturated heterocycles. The lowest BCUT2D eigenvalue weighted by atomic mass is 9.76. The summed E-state index contributed by atoms with van der Waals surface area (Å²) >= 11 is 0. The van der Waals surface area contributed by atoms with E-state index in [2.05, 4.69) is 72.0 Å². The Morgan fingerprint density at radius 2 is 1.50 bits per heavy atom. The molecule has 224 valence electrons. The summed E-state index contributed by atoms with van der Waals surface area (Å²) in [6.45, 7) is 18.2. The van der Waals surface area contributed by atoms with Gasteiger partial charge in [-0.15, -0.1) is 0 Å². The molecule has 1 N–H and O–H groups in total. The van der Waals surface area contributed by atoms with Crippen molar-refractivity contribution in [3.8, 4) is 17.2 Å². The quantitative estimate of drug-likeness (QED) is 0.200. The van der Waals surface area contributed by atoms with Gasteiger partial charge < -0.3 is 24.4 Å². The number of methoxy groups -OCH3 is 2. The number of hydrogen-bond donors (Lipinski definition) is 1. The number of benzene rings is 2. The van der Waals surface area contributed by atoms with E-state index in [-0.39, 0.29) is 16.9 Å². The number of nitrogens with one attached hydrogen (secondary N) is 1. The molecule has 0 bridgehead atoms. The highest BCUT2D eigenvalue weighted by Crippen LogP contribution is 2.38. The van der Waals surface area contributed by atoms with Gasteiger partial charge in [0.15, 0.2) is 11.5 Å². The van der Waals surface area contributed by atoms with Gasteiger partial charge in [-0.05, 0) is 72.3 Å². The first-order chi connectivity index (χ1) is 19.0. The van der Waals surface area contributed by atoms with Crippen LogP contribution in [0.15, 0.2) is 36.4 Å². The van der Waals surface area contributed by atoms with E-state index in [1.54, 1.807) is 14.2 Å². The summed E-state index contributed by atoms with van der Waals surface area (Å²) in [6, 6.07) is 12.5. The van der Waals surface area contributed by atoms with E-state index >= 15 is 0 Å². The first-order valence-corrected chi connectivity index (χ1v) is 15.0. The molecule has 0 aromatic heterocycles. The second-order valence-corrected chi connectivity index (χ2v) is 11.9. The summed E-state index contributed by atoms with van der Waals surface area (Å²) in [7, 11) is 3.25. The third-order valence-corrected chi connectivity index (χ3v) is 8.25. The van der Waals surface area contributed by atoms with Gasteiger partial charge in [0.05, 0.1) is 20.8 Å². The lowest BCUT2D eigenvalue weighted by Crippen LogP contribution is -2.40. The zero-order chi connectivity index (χ0) is 29.8. The fourth-order valence-corrected chi connectivity index (χ4v) is 4.52. The molecule has 0 saturated carbocycles. The summed E-state index contributed by atoms with van der Waals surface area (Å²) in [5.41, 5.74) is 3.80. The van der Waals surface area contributed by atoms with Crippen molar-refractivity contribution >= 4 is 6.03 Å². The Hall–Kier alpha value is -2.89. The third kappa shape index (κ3) is 9.35. The zero-order valence-electron chi connectivity index (χ0n) is 26.6. The maximum atomic E-state index is 13.0. The smallest absolute Gasteiger partial charge is 0.317 e. The highest BCUT2D eigenvalue weighted by molar-refractivity contribution is 5.74. The van der Waals surface area contributed by atoms with Crippen LogP contribution in [0.3, 0.4) is 0 Å². The largest absolute Gasteiger partial charge is 0.493 e. The van der Waals surface area contributed by atoms with Gasteiger partial charge in [0.25, 0.3) is 0 Å². The summed E-state index contributed by atoms with van der Waals surface area (Å²) in [5, 5.41) is 3.07. The van der Waals surface area contributed by atoms with Crippen molar-refractivity contribution in [3.63, 3.8) is 0 Å². The topological polar surface area (TPSA) is 60.0 Å². The molecule has 0 fully saturated rings. The molecule has 0 unspecified atom stereocenters. The van der Waals surface area contributed by atoms with Crippen molar-refractivity contribution in [2.45, 2.75) is 104 Å². The average Bonchev–Trinajstić information content (AvgIpc) is 2.96. The SMILES string of the molecule is CCCCNC(=O)N(CCCCOc1ccc(C(C)(C)CC)cc1C(C)(C)CC)Cc1ccc(OC)c(OC)c1. The van der Waals surface area contributed by atoms with E-state index in [1.807, 2.05) is 23.1 Å². The van der Waals surface area contributed by atoms with Crippen molar-refractivity contribution in [1.29, 1.82) is 0 Å². The molecule has 0 aliphatic heterocycles. The van der Waals surface area contributed by atoms with Gasteiger partial charge in [0.2, 0.25) is 0 Å². The molecule has 0 spiro atoms. The molecule has 0 radical (unpaired) electrons. The van der Waals surface area contributed by atoms with E-state index < -0.39 is 0 Å². The zero-order valence-corrected chi connectivity index (χ0v) is 26.6. The number of carbonyl (C=O) groups excluding carboxylic acids is 1. The Morgan fingerprint density at radius 1 is 0.825 bits per heavy atom. The molecule has 0 aliphatic rings. The molecule has 2 aromatic rings. The van der Waals surface area contributed by atoms with Crippen LogP contribution in [-0.2, 0) is 17.4 Å². The fraction of sp³-hybridized carbons (Fsp3) is 0.618. The Morgan fingerprint density at radius 3 is 2.12 bits per heavy atom. The maximum Gasteiger partial charge on any atom is 0.317 e. The van der Waals surface area contributed by atoms with E-state index in [4.69, 9.17) is 14.2 Å². The van der Waals surface area contributed by atoms with Gasteiger partial charge in [0.1, 0.15) is 5.75 Å². The summed E-state index contributed by atoms with van der Waals surface area (Å²) in [6.07, 6.45) is 5.85. The van der Waals surface area contributed by atoms with Crippen LogP contribution in [0.1, 0.15) is 104 Å². The van der Waals surface area contributed by atoms with Crippen molar-refractivity contribution in [1.82, 2.24) is 10.2 Å². The molecule has 0 atom stereocenters. The second-order valence-electron chi connectivity index (χ2n) is 11.9. The molecule has 40 heavy (non-hydrogen) atoms. The molecule has 2 amide bonds. The van der Waals surface area contributed by atoms with E-state index in [9.17, 15) is 4.79 Å². The predicted octanol–water partition coefficient (Wildman–Crippen LogP) is 8.25. The summed E-state index contributed by atoms with van der Waals surface area (Å²) in [4.78, 5) is 14.9. The molecule has 0 aliphatic carbocycles. The summed E-state index contributed by atoms with van der Waals surface area (Å²) < 4.78 is 17.2. The van der Waals surface area contributed by atoms with Crippen LogP contribution in [-0.4, -0.2) is 44.8 Å². The number of amides is 2. The van der Waals surface area contributed by atoms with Crippen LogP contribution in [0.4, 0.5) is 4.79 Å². The number of rotatable bonds is 17. The summed E-state index contributed by atoms with van der Waals surface area (Å²) in [5.74, 6) is 2.32. The van der Waals surface area contributed by atoms with Gasteiger partial charge >= 0.3 is 6.03 Å². The molecule has 6 nitrogen and oxygen atoms in total. The first kappa shape index (κ1) is 33.3. The average molecular weight is 555 g/mol. The third-order valence-electron chi connectivity index (χ3n) is 8.25. The van der Waals surface area contributed by atoms with E-state index in [1.165, 1.54) is 11.1 Å². The Labute approximate surface area is 243 Å². The van der Waals surface area contributed by atoms with Crippen LogP contribution in [0.25, 0.3) is 0 Å². The molecular formula is C34H54N2O4. The normalized spacial score (nSPS) is 11.7. The molecule has 0 heterocycles. The minimum Gasteiger partial charge on any atom is -0.493 e. The molecular weight excluding hydrogens is 500 g/mol. The Kier molecular flexibility index (Phi) is 13.1. The predicted molar refractivity (Wildman–Crippen MR) is 166 cm³/mol. The first-order valence-electron chi connectivity index (χ1n) is 15.0. The lowest BCUT2D eigenvalue weighted by Gasteiger charge is -2.30. The van der Waals surface area contributed by atoms with Crippen molar-refractivity contribution in [2.24, 2.45) is 0 Å². The van der Waals surface area contributed by atoms with Crippen molar-refractivity contribution < 1.29 is 19.0 Å². The number of hydrogen-bond acceptors (Lipinski definition) is 4. The molecule has 2 rings (SSSR count). The minimum absolute atomic E-state index is 0.0297. The van der Waals surface area contributed by atoms with Gasteiger partial charge in [-0.1, -0.05) is 73.1 Å².